The number of aryl methyl sites for hydroxylation is 1. The van der Waals surface area contributed by atoms with Gasteiger partial charge in [-0.1, -0.05) is 5.16 Å². The Labute approximate surface area is 107 Å². The van der Waals surface area contributed by atoms with Crippen molar-refractivity contribution in [2.75, 3.05) is 0 Å². The van der Waals surface area contributed by atoms with E-state index in [0.717, 1.165) is 5.56 Å². The predicted molar refractivity (Wildman–Crippen MR) is 65.5 cm³/mol. The van der Waals surface area contributed by atoms with E-state index in [1.807, 2.05) is 0 Å². The lowest BCUT2D eigenvalue weighted by atomic mass is 10.2. The van der Waals surface area contributed by atoms with Gasteiger partial charge >= 0.3 is 0 Å². The molecule has 3 aromatic rings. The molecule has 0 unspecified atom stereocenters. The van der Waals surface area contributed by atoms with Gasteiger partial charge in [-0.25, -0.2) is 0 Å². The van der Waals surface area contributed by atoms with Crippen molar-refractivity contribution in [3.8, 4) is 34.3 Å². The molecule has 6 heteroatoms. The average molecular weight is 258 g/mol. The van der Waals surface area contributed by atoms with Crippen LogP contribution in [0.3, 0.4) is 0 Å². The standard InChI is InChI=1S/C13H10N2O4/c1-7-11(2-3-18-7)12-14-13(19-15-12)8-4-9(16)6-10(17)5-8/h2-6,16-17H,1H3. The largest absolute Gasteiger partial charge is 0.508 e. The molecule has 96 valence electrons. The molecule has 0 aliphatic rings. The number of aromatic hydroxyl groups is 2. The fourth-order valence-corrected chi connectivity index (χ4v) is 1.79. The van der Waals surface area contributed by atoms with Crippen LogP contribution in [0, 0.1) is 6.92 Å². The van der Waals surface area contributed by atoms with Crippen LogP contribution in [0.4, 0.5) is 0 Å². The first-order valence-corrected chi connectivity index (χ1v) is 5.55. The third-order valence-electron chi connectivity index (χ3n) is 2.68. The second-order valence-electron chi connectivity index (χ2n) is 4.05. The minimum absolute atomic E-state index is 0.0748. The summed E-state index contributed by atoms with van der Waals surface area (Å²) in [4.78, 5) is 4.21. The van der Waals surface area contributed by atoms with Crippen LogP contribution in [0.15, 0.2) is 39.5 Å². The average Bonchev–Trinajstić information content (AvgIpc) is 2.95. The maximum atomic E-state index is 9.43. The second kappa shape index (κ2) is 4.16. The maximum Gasteiger partial charge on any atom is 0.258 e. The summed E-state index contributed by atoms with van der Waals surface area (Å²) in [7, 11) is 0. The smallest absolute Gasteiger partial charge is 0.258 e. The summed E-state index contributed by atoms with van der Waals surface area (Å²) in [5.74, 6) is 1.14. The molecule has 2 aromatic heterocycles. The number of nitrogens with zero attached hydrogens (tertiary/aromatic N) is 2. The lowest BCUT2D eigenvalue weighted by Crippen LogP contribution is -1.81. The Balaban J connectivity index is 2.04. The molecule has 0 amide bonds. The van der Waals surface area contributed by atoms with E-state index >= 15 is 0 Å². The van der Waals surface area contributed by atoms with E-state index < -0.39 is 0 Å². The van der Waals surface area contributed by atoms with Crippen molar-refractivity contribution in [3.05, 3.63) is 36.3 Å². The Morgan fingerprint density at radius 2 is 1.84 bits per heavy atom. The molecule has 2 heterocycles. The fourth-order valence-electron chi connectivity index (χ4n) is 1.79. The Kier molecular flexibility index (Phi) is 2.49. The van der Waals surface area contributed by atoms with Gasteiger partial charge in [0, 0.05) is 11.6 Å². The van der Waals surface area contributed by atoms with E-state index in [0.29, 0.717) is 17.1 Å². The SMILES string of the molecule is Cc1occc1-c1noc(-c2cc(O)cc(O)c2)n1. The van der Waals surface area contributed by atoms with Crippen molar-refractivity contribution in [1.29, 1.82) is 0 Å². The third-order valence-corrected chi connectivity index (χ3v) is 2.68. The van der Waals surface area contributed by atoms with Gasteiger partial charge in [-0.05, 0) is 25.1 Å². The number of rotatable bonds is 2. The molecule has 0 atom stereocenters. The highest BCUT2D eigenvalue weighted by Crippen LogP contribution is 2.29. The summed E-state index contributed by atoms with van der Waals surface area (Å²) < 4.78 is 10.3. The lowest BCUT2D eigenvalue weighted by molar-refractivity contribution is 0.428. The minimum atomic E-state index is -0.0748. The molecule has 19 heavy (non-hydrogen) atoms. The molecule has 3 rings (SSSR count). The van der Waals surface area contributed by atoms with Gasteiger partial charge in [0.25, 0.3) is 5.89 Å². The molecule has 1 aromatic carbocycles. The van der Waals surface area contributed by atoms with Crippen LogP contribution in [-0.4, -0.2) is 20.4 Å². The molecule has 0 radical (unpaired) electrons. The molecule has 6 nitrogen and oxygen atoms in total. The number of benzene rings is 1. The van der Waals surface area contributed by atoms with Crippen molar-refractivity contribution in [2.24, 2.45) is 0 Å². The summed E-state index contributed by atoms with van der Waals surface area (Å²) in [6.45, 7) is 1.80. The first-order valence-electron chi connectivity index (χ1n) is 5.55. The predicted octanol–water partition coefficient (Wildman–Crippen LogP) is 2.72. The van der Waals surface area contributed by atoms with Crippen molar-refractivity contribution in [2.45, 2.75) is 6.92 Å². The number of phenols is 2. The highest BCUT2D eigenvalue weighted by atomic mass is 16.5. The molecule has 2 N–H and O–H groups in total. The summed E-state index contributed by atoms with van der Waals surface area (Å²) >= 11 is 0. The van der Waals surface area contributed by atoms with Gasteiger partial charge in [0.1, 0.15) is 17.3 Å². The van der Waals surface area contributed by atoms with Gasteiger partial charge in [0.2, 0.25) is 5.82 Å². The fraction of sp³-hybridized carbons (Fsp3) is 0.0769. The van der Waals surface area contributed by atoms with Crippen LogP contribution in [-0.2, 0) is 0 Å². The van der Waals surface area contributed by atoms with E-state index in [-0.39, 0.29) is 17.4 Å². The Morgan fingerprint density at radius 3 is 2.47 bits per heavy atom. The molecule has 0 saturated carbocycles. The molecule has 0 saturated heterocycles. The van der Waals surface area contributed by atoms with Crippen molar-refractivity contribution >= 4 is 0 Å². The van der Waals surface area contributed by atoms with Crippen molar-refractivity contribution in [1.82, 2.24) is 10.1 Å². The van der Waals surface area contributed by atoms with Crippen molar-refractivity contribution in [3.63, 3.8) is 0 Å². The maximum absolute atomic E-state index is 9.43. The highest BCUT2D eigenvalue weighted by molar-refractivity contribution is 5.63. The van der Waals surface area contributed by atoms with Crippen molar-refractivity contribution < 1.29 is 19.2 Å². The molecule has 0 fully saturated rings. The Bertz CT molecular complexity index is 710. The quantitative estimate of drug-likeness (QED) is 0.734. The van der Waals surface area contributed by atoms with Crippen LogP contribution in [0.2, 0.25) is 0 Å². The van der Waals surface area contributed by atoms with Crippen LogP contribution in [0.5, 0.6) is 11.5 Å². The summed E-state index contributed by atoms with van der Waals surface area (Å²) in [5.41, 5.74) is 1.18. The van der Waals surface area contributed by atoms with E-state index in [2.05, 4.69) is 10.1 Å². The molecular formula is C13H10N2O4. The molecule has 0 aliphatic heterocycles. The van der Waals surface area contributed by atoms with Crippen LogP contribution >= 0.6 is 0 Å². The van der Waals surface area contributed by atoms with Crippen LogP contribution in [0.1, 0.15) is 5.76 Å². The molecular weight excluding hydrogens is 248 g/mol. The summed E-state index contributed by atoms with van der Waals surface area (Å²) in [6.07, 6.45) is 1.54. The third kappa shape index (κ3) is 2.03. The molecule has 0 bridgehead atoms. The minimum Gasteiger partial charge on any atom is -0.508 e. The number of phenolic OH excluding ortho intramolecular Hbond substituents is 2. The van der Waals surface area contributed by atoms with E-state index in [1.165, 1.54) is 18.2 Å². The van der Waals surface area contributed by atoms with Gasteiger partial charge in [-0.2, -0.15) is 4.98 Å². The summed E-state index contributed by atoms with van der Waals surface area (Å²) in [5, 5.41) is 22.7. The van der Waals surface area contributed by atoms with E-state index in [4.69, 9.17) is 8.94 Å². The monoisotopic (exact) mass is 258 g/mol. The zero-order chi connectivity index (χ0) is 13.4. The van der Waals surface area contributed by atoms with Gasteiger partial charge < -0.3 is 19.2 Å². The highest BCUT2D eigenvalue weighted by Gasteiger charge is 2.14. The number of furan rings is 1. The van der Waals surface area contributed by atoms with Crippen LogP contribution in [0.25, 0.3) is 22.8 Å². The molecule has 0 aliphatic carbocycles. The number of aromatic nitrogens is 2. The zero-order valence-electron chi connectivity index (χ0n) is 9.99. The number of hydrogen-bond acceptors (Lipinski definition) is 6. The van der Waals surface area contributed by atoms with Gasteiger partial charge in [-0.3, -0.25) is 0 Å². The second-order valence-corrected chi connectivity index (χ2v) is 4.05. The molecule has 0 spiro atoms. The van der Waals surface area contributed by atoms with Gasteiger partial charge in [0.15, 0.2) is 0 Å². The number of hydrogen-bond donors (Lipinski definition) is 2. The lowest BCUT2D eigenvalue weighted by Gasteiger charge is -1.97. The van der Waals surface area contributed by atoms with Gasteiger partial charge in [-0.15, -0.1) is 0 Å². The first kappa shape index (κ1) is 11.3. The van der Waals surface area contributed by atoms with E-state index in [9.17, 15) is 10.2 Å². The topological polar surface area (TPSA) is 92.5 Å². The Hall–Kier alpha value is -2.76. The van der Waals surface area contributed by atoms with Gasteiger partial charge in [0.05, 0.1) is 11.8 Å². The normalized spacial score (nSPS) is 10.8. The Morgan fingerprint density at radius 1 is 1.11 bits per heavy atom. The van der Waals surface area contributed by atoms with E-state index in [1.54, 1.807) is 19.3 Å². The first-order chi connectivity index (χ1) is 9.13. The van der Waals surface area contributed by atoms with Crippen LogP contribution < -0.4 is 0 Å². The zero-order valence-corrected chi connectivity index (χ0v) is 9.99. The summed E-state index contributed by atoms with van der Waals surface area (Å²) in [6, 6.07) is 5.82.